The first-order valence-electron chi connectivity index (χ1n) is 17.2. The molecule has 4 nitrogen and oxygen atoms in total. The van der Waals surface area contributed by atoms with E-state index in [1.807, 2.05) is 48.8 Å². The zero-order valence-electron chi connectivity index (χ0n) is 27.6. The summed E-state index contributed by atoms with van der Waals surface area (Å²) in [4.78, 5) is 19.5. The van der Waals surface area contributed by atoms with E-state index in [1.54, 1.807) is 6.20 Å². The SMILES string of the molecule is C1=Cc2ccc(-c3nc(-c4ccccc4)cc(-c4ccc(-c5cccnc5)nc4)n3)cc2C2(c3ccccc31)c1ccccc1-c1ccccc12. The van der Waals surface area contributed by atoms with Gasteiger partial charge in [-0.25, -0.2) is 9.97 Å². The Morgan fingerprint density at radius 2 is 1.00 bits per heavy atom. The van der Waals surface area contributed by atoms with Gasteiger partial charge in [0.25, 0.3) is 0 Å². The third kappa shape index (κ3) is 4.61. The number of pyridine rings is 2. The number of fused-ring (bicyclic) bond motifs is 9. The summed E-state index contributed by atoms with van der Waals surface area (Å²) in [6.45, 7) is 0. The van der Waals surface area contributed by atoms with Gasteiger partial charge in [-0.05, 0) is 80.9 Å². The molecule has 51 heavy (non-hydrogen) atoms. The van der Waals surface area contributed by atoms with Crippen molar-refractivity contribution in [2.24, 2.45) is 0 Å². The lowest BCUT2D eigenvalue weighted by atomic mass is 9.66. The zero-order valence-corrected chi connectivity index (χ0v) is 27.6. The van der Waals surface area contributed by atoms with Crippen LogP contribution in [0.15, 0.2) is 170 Å². The van der Waals surface area contributed by atoms with Gasteiger partial charge in [-0.3, -0.25) is 9.97 Å². The second-order valence-electron chi connectivity index (χ2n) is 13.1. The van der Waals surface area contributed by atoms with Gasteiger partial charge < -0.3 is 0 Å². The van der Waals surface area contributed by atoms with Crippen LogP contribution in [0.25, 0.3) is 68.4 Å². The van der Waals surface area contributed by atoms with Gasteiger partial charge in [0.2, 0.25) is 0 Å². The maximum absolute atomic E-state index is 5.24. The van der Waals surface area contributed by atoms with Crippen LogP contribution >= 0.6 is 0 Å². The molecule has 0 saturated heterocycles. The number of aromatic nitrogens is 4. The monoisotopic (exact) mass is 650 g/mol. The standard InChI is InChI=1S/C47H30N4/c1-2-12-33(13-3-1)44-28-45(36-24-25-43(49-30-36)35-14-10-26-48-29-35)51-46(50-44)34-23-22-32-21-20-31-11-4-7-17-39(31)47(42(32)27-34)40-18-8-5-15-37(40)38-16-6-9-19-41(38)47/h1-30H. The van der Waals surface area contributed by atoms with E-state index in [4.69, 9.17) is 15.0 Å². The van der Waals surface area contributed by atoms with Gasteiger partial charge in [-0.15, -0.1) is 0 Å². The molecule has 0 fully saturated rings. The van der Waals surface area contributed by atoms with Crippen LogP contribution in [0.3, 0.4) is 0 Å². The summed E-state index contributed by atoms with van der Waals surface area (Å²) < 4.78 is 0. The Bertz CT molecular complexity index is 2580. The second-order valence-corrected chi connectivity index (χ2v) is 13.1. The minimum Gasteiger partial charge on any atom is -0.264 e. The van der Waals surface area contributed by atoms with Crippen molar-refractivity contribution in [2.75, 3.05) is 0 Å². The molecule has 0 bridgehead atoms. The van der Waals surface area contributed by atoms with E-state index in [0.29, 0.717) is 5.82 Å². The van der Waals surface area contributed by atoms with Crippen LogP contribution in [0.1, 0.15) is 33.4 Å². The van der Waals surface area contributed by atoms with E-state index in [2.05, 4.69) is 132 Å². The lowest BCUT2D eigenvalue weighted by Crippen LogP contribution is -2.30. The molecule has 0 aliphatic heterocycles. The normalized spacial score (nSPS) is 13.2. The minimum absolute atomic E-state index is 0.523. The Morgan fingerprint density at radius 3 is 1.71 bits per heavy atom. The first-order chi connectivity index (χ1) is 25.3. The highest BCUT2D eigenvalue weighted by Gasteiger charge is 2.48. The average molecular weight is 651 g/mol. The maximum atomic E-state index is 5.24. The number of nitrogens with zero attached hydrogens (tertiary/aromatic N) is 4. The summed E-state index contributed by atoms with van der Waals surface area (Å²) in [6.07, 6.45) is 10.0. The molecular formula is C47H30N4. The molecule has 3 heterocycles. The molecular weight excluding hydrogens is 621 g/mol. The highest BCUT2D eigenvalue weighted by molar-refractivity contribution is 5.92. The van der Waals surface area contributed by atoms with Gasteiger partial charge >= 0.3 is 0 Å². The minimum atomic E-state index is -0.523. The van der Waals surface area contributed by atoms with E-state index in [9.17, 15) is 0 Å². The Hall–Kier alpha value is -6.78. The molecule has 0 unspecified atom stereocenters. The molecule has 5 aromatic carbocycles. The molecule has 2 aliphatic carbocycles. The first-order valence-corrected chi connectivity index (χ1v) is 17.2. The third-order valence-electron chi connectivity index (χ3n) is 10.3. The molecule has 0 saturated carbocycles. The van der Waals surface area contributed by atoms with Crippen LogP contribution in [0.4, 0.5) is 0 Å². The molecule has 3 aromatic heterocycles. The van der Waals surface area contributed by atoms with Gasteiger partial charge in [0, 0.05) is 40.8 Å². The fraction of sp³-hybridized carbons (Fsp3) is 0.0213. The summed E-state index contributed by atoms with van der Waals surface area (Å²) in [5.41, 5.74) is 15.9. The van der Waals surface area contributed by atoms with Crippen molar-refractivity contribution < 1.29 is 0 Å². The largest absolute Gasteiger partial charge is 0.264 e. The van der Waals surface area contributed by atoms with E-state index >= 15 is 0 Å². The van der Waals surface area contributed by atoms with Crippen molar-refractivity contribution in [1.82, 2.24) is 19.9 Å². The average Bonchev–Trinajstić information content (AvgIpc) is 3.42. The lowest BCUT2D eigenvalue weighted by Gasteiger charge is -2.35. The molecule has 238 valence electrons. The molecule has 0 radical (unpaired) electrons. The van der Waals surface area contributed by atoms with Gasteiger partial charge in [-0.1, -0.05) is 127 Å². The molecule has 1 spiro atoms. The summed E-state index contributed by atoms with van der Waals surface area (Å²) in [5.74, 6) is 0.668. The van der Waals surface area contributed by atoms with E-state index in [1.165, 1.54) is 44.5 Å². The summed E-state index contributed by atoms with van der Waals surface area (Å²) in [5, 5.41) is 0. The Labute approximate surface area is 296 Å². The Morgan fingerprint density at radius 1 is 0.392 bits per heavy atom. The van der Waals surface area contributed by atoms with E-state index in [-0.39, 0.29) is 0 Å². The molecule has 8 aromatic rings. The fourth-order valence-electron chi connectivity index (χ4n) is 8.00. The molecule has 0 atom stereocenters. The Kier molecular flexibility index (Phi) is 6.68. The number of hydrogen-bond acceptors (Lipinski definition) is 4. The first kappa shape index (κ1) is 29.2. The van der Waals surface area contributed by atoms with E-state index < -0.39 is 5.41 Å². The molecule has 0 amide bonds. The second kappa shape index (κ2) is 11.7. The van der Waals surface area contributed by atoms with Crippen LogP contribution in [-0.4, -0.2) is 19.9 Å². The Balaban J connectivity index is 1.20. The van der Waals surface area contributed by atoms with Crippen LogP contribution in [-0.2, 0) is 5.41 Å². The van der Waals surface area contributed by atoms with Gasteiger partial charge in [0.1, 0.15) is 0 Å². The number of hydrogen-bond donors (Lipinski definition) is 0. The quantitative estimate of drug-likeness (QED) is 0.190. The van der Waals surface area contributed by atoms with Crippen molar-refractivity contribution in [2.45, 2.75) is 5.41 Å². The summed E-state index contributed by atoms with van der Waals surface area (Å²) in [7, 11) is 0. The third-order valence-corrected chi connectivity index (χ3v) is 10.3. The molecule has 10 rings (SSSR count). The predicted octanol–water partition coefficient (Wildman–Crippen LogP) is 10.8. The highest BCUT2D eigenvalue weighted by atomic mass is 14.9. The van der Waals surface area contributed by atoms with Crippen LogP contribution < -0.4 is 0 Å². The number of benzene rings is 5. The molecule has 2 aliphatic rings. The molecule has 4 heteroatoms. The van der Waals surface area contributed by atoms with Crippen LogP contribution in [0.5, 0.6) is 0 Å². The van der Waals surface area contributed by atoms with Crippen molar-refractivity contribution in [1.29, 1.82) is 0 Å². The van der Waals surface area contributed by atoms with Gasteiger partial charge in [0.05, 0.1) is 22.5 Å². The highest BCUT2D eigenvalue weighted by Crippen LogP contribution is 2.58. The molecule has 0 N–H and O–H groups in total. The van der Waals surface area contributed by atoms with Crippen molar-refractivity contribution in [3.05, 3.63) is 204 Å². The lowest BCUT2D eigenvalue weighted by molar-refractivity contribution is 0.766. The smallest absolute Gasteiger partial charge is 0.160 e. The van der Waals surface area contributed by atoms with Gasteiger partial charge in [-0.2, -0.15) is 0 Å². The maximum Gasteiger partial charge on any atom is 0.160 e. The van der Waals surface area contributed by atoms with Crippen molar-refractivity contribution >= 4 is 12.2 Å². The van der Waals surface area contributed by atoms with Crippen molar-refractivity contribution in [3.8, 4) is 56.3 Å². The zero-order chi connectivity index (χ0) is 33.8. The summed E-state index contributed by atoms with van der Waals surface area (Å²) in [6, 6.07) is 53.8. The fourth-order valence-corrected chi connectivity index (χ4v) is 8.00. The van der Waals surface area contributed by atoms with Crippen LogP contribution in [0, 0.1) is 0 Å². The number of rotatable bonds is 4. The topological polar surface area (TPSA) is 51.6 Å². The van der Waals surface area contributed by atoms with E-state index in [0.717, 1.165) is 39.3 Å². The van der Waals surface area contributed by atoms with Gasteiger partial charge in [0.15, 0.2) is 5.82 Å². The van der Waals surface area contributed by atoms with Crippen molar-refractivity contribution in [3.63, 3.8) is 0 Å². The van der Waals surface area contributed by atoms with Crippen LogP contribution in [0.2, 0.25) is 0 Å². The summed E-state index contributed by atoms with van der Waals surface area (Å²) >= 11 is 0. The predicted molar refractivity (Wildman–Crippen MR) is 206 cm³/mol.